The van der Waals surface area contributed by atoms with Gasteiger partial charge in [0.25, 0.3) is 5.91 Å². The van der Waals surface area contributed by atoms with Gasteiger partial charge in [-0.25, -0.2) is 0 Å². The Labute approximate surface area is 122 Å². The fourth-order valence-electron chi connectivity index (χ4n) is 1.88. The van der Waals surface area contributed by atoms with Gasteiger partial charge in [-0.15, -0.1) is 11.3 Å². The minimum Gasteiger partial charge on any atom is -0.351 e. The molecule has 0 unspecified atom stereocenters. The predicted octanol–water partition coefficient (Wildman–Crippen LogP) is 3.33. The average Bonchev–Trinajstić information content (AvgIpc) is 3.00. The van der Waals surface area contributed by atoms with E-state index in [1.165, 1.54) is 4.88 Å². The zero-order valence-electron chi connectivity index (χ0n) is 11.5. The Morgan fingerprint density at radius 2 is 2.15 bits per heavy atom. The summed E-state index contributed by atoms with van der Waals surface area (Å²) in [6.07, 6.45) is 0. The molecular weight excluding hydrogens is 268 g/mol. The maximum absolute atomic E-state index is 12.1. The van der Waals surface area contributed by atoms with Gasteiger partial charge in [-0.1, -0.05) is 26.0 Å². The van der Waals surface area contributed by atoms with E-state index >= 15 is 0 Å². The fraction of sp³-hybridized carbons (Fsp3) is 0.250. The van der Waals surface area contributed by atoms with Crippen LogP contribution in [0, 0.1) is 11.3 Å². The van der Waals surface area contributed by atoms with E-state index in [-0.39, 0.29) is 11.3 Å². The van der Waals surface area contributed by atoms with Crippen LogP contribution in [-0.2, 0) is 5.41 Å². The van der Waals surface area contributed by atoms with Crippen molar-refractivity contribution in [1.29, 1.82) is 5.26 Å². The highest BCUT2D eigenvalue weighted by Crippen LogP contribution is 2.26. The first-order valence-electron chi connectivity index (χ1n) is 6.35. The van der Waals surface area contributed by atoms with E-state index in [1.54, 1.807) is 35.6 Å². The van der Waals surface area contributed by atoms with Crippen molar-refractivity contribution in [2.75, 3.05) is 6.54 Å². The van der Waals surface area contributed by atoms with Gasteiger partial charge < -0.3 is 5.32 Å². The molecule has 0 atom stereocenters. The number of nitrogens with zero attached hydrogens (tertiary/aromatic N) is 1. The Hall–Kier alpha value is -2.12. The molecule has 0 fully saturated rings. The summed E-state index contributed by atoms with van der Waals surface area (Å²) >= 11 is 1.69. The minimum atomic E-state index is -0.147. The lowest BCUT2D eigenvalue weighted by Gasteiger charge is -2.23. The zero-order chi connectivity index (χ0) is 14.6. The second-order valence-electron chi connectivity index (χ2n) is 5.24. The topological polar surface area (TPSA) is 52.9 Å². The monoisotopic (exact) mass is 284 g/mol. The van der Waals surface area contributed by atoms with Gasteiger partial charge >= 0.3 is 0 Å². The quantitative estimate of drug-likeness (QED) is 0.936. The van der Waals surface area contributed by atoms with Gasteiger partial charge in [-0.05, 0) is 29.6 Å². The smallest absolute Gasteiger partial charge is 0.251 e. The first kappa shape index (κ1) is 14.3. The lowest BCUT2D eigenvalue weighted by atomic mass is 9.91. The molecule has 0 aliphatic carbocycles. The maximum Gasteiger partial charge on any atom is 0.251 e. The number of nitriles is 1. The van der Waals surface area contributed by atoms with Gasteiger partial charge in [0.15, 0.2) is 0 Å². The first-order valence-corrected chi connectivity index (χ1v) is 7.23. The van der Waals surface area contributed by atoms with Crippen molar-refractivity contribution in [3.8, 4) is 6.07 Å². The van der Waals surface area contributed by atoms with Crippen molar-refractivity contribution in [1.82, 2.24) is 5.32 Å². The lowest BCUT2D eigenvalue weighted by Crippen LogP contribution is -2.36. The van der Waals surface area contributed by atoms with Crippen LogP contribution in [0.1, 0.15) is 34.6 Å². The van der Waals surface area contributed by atoms with Gasteiger partial charge in [-0.3, -0.25) is 4.79 Å². The summed E-state index contributed by atoms with van der Waals surface area (Å²) in [5, 5.41) is 13.8. The summed E-state index contributed by atoms with van der Waals surface area (Å²) in [4.78, 5) is 13.4. The third kappa shape index (κ3) is 3.25. The van der Waals surface area contributed by atoms with E-state index in [4.69, 9.17) is 5.26 Å². The van der Waals surface area contributed by atoms with E-state index in [0.717, 1.165) is 0 Å². The number of carbonyl (C=O) groups excluding carboxylic acids is 1. The molecule has 2 aromatic rings. The summed E-state index contributed by atoms with van der Waals surface area (Å²) < 4.78 is 0. The summed E-state index contributed by atoms with van der Waals surface area (Å²) in [6, 6.07) is 12.9. The van der Waals surface area contributed by atoms with Crippen molar-refractivity contribution < 1.29 is 4.79 Å². The molecule has 102 valence electrons. The van der Waals surface area contributed by atoms with E-state index in [2.05, 4.69) is 25.2 Å². The third-order valence-electron chi connectivity index (χ3n) is 3.13. The highest BCUT2D eigenvalue weighted by molar-refractivity contribution is 7.10. The average molecular weight is 284 g/mol. The van der Waals surface area contributed by atoms with Crippen molar-refractivity contribution >= 4 is 17.2 Å². The van der Waals surface area contributed by atoms with Gasteiger partial charge in [0.2, 0.25) is 0 Å². The lowest BCUT2D eigenvalue weighted by molar-refractivity contribution is 0.0946. The molecule has 0 saturated heterocycles. The second kappa shape index (κ2) is 5.89. The summed E-state index contributed by atoms with van der Waals surface area (Å²) in [5.74, 6) is -0.147. The minimum absolute atomic E-state index is 0.101. The van der Waals surface area contributed by atoms with E-state index in [9.17, 15) is 4.79 Å². The zero-order valence-corrected chi connectivity index (χ0v) is 12.3. The number of nitrogens with one attached hydrogen (secondary N) is 1. The second-order valence-corrected chi connectivity index (χ2v) is 6.18. The maximum atomic E-state index is 12.1. The number of hydrogen-bond donors (Lipinski definition) is 1. The van der Waals surface area contributed by atoms with Crippen LogP contribution in [0.5, 0.6) is 0 Å². The van der Waals surface area contributed by atoms with Crippen LogP contribution in [0.4, 0.5) is 0 Å². The van der Waals surface area contributed by atoms with E-state index < -0.39 is 0 Å². The van der Waals surface area contributed by atoms with Gasteiger partial charge in [-0.2, -0.15) is 5.26 Å². The van der Waals surface area contributed by atoms with Crippen molar-refractivity contribution in [3.05, 3.63) is 57.8 Å². The molecule has 0 spiro atoms. The van der Waals surface area contributed by atoms with Crippen LogP contribution in [0.25, 0.3) is 0 Å². The SMILES string of the molecule is CC(C)(CNC(=O)c1cccc(C#N)c1)c1cccs1. The van der Waals surface area contributed by atoms with Crippen molar-refractivity contribution in [2.24, 2.45) is 0 Å². The summed E-state index contributed by atoms with van der Waals surface area (Å²) in [6.45, 7) is 4.76. The van der Waals surface area contributed by atoms with Gasteiger partial charge in [0.05, 0.1) is 11.6 Å². The molecule has 1 amide bonds. The van der Waals surface area contributed by atoms with E-state index in [0.29, 0.717) is 17.7 Å². The van der Waals surface area contributed by atoms with Crippen molar-refractivity contribution in [3.63, 3.8) is 0 Å². The molecular formula is C16H16N2OS. The number of carbonyl (C=O) groups is 1. The molecule has 1 aromatic heterocycles. The molecule has 1 aromatic carbocycles. The molecule has 20 heavy (non-hydrogen) atoms. The first-order chi connectivity index (χ1) is 9.53. The number of thiophene rings is 1. The van der Waals surface area contributed by atoms with Crippen LogP contribution in [-0.4, -0.2) is 12.5 Å². The fourth-order valence-corrected chi connectivity index (χ4v) is 2.74. The number of benzene rings is 1. The molecule has 4 heteroatoms. The Balaban J connectivity index is 2.04. The molecule has 2 rings (SSSR count). The molecule has 1 N–H and O–H groups in total. The molecule has 0 bridgehead atoms. The molecule has 1 heterocycles. The molecule has 0 radical (unpaired) electrons. The van der Waals surface area contributed by atoms with Gasteiger partial charge in [0, 0.05) is 22.4 Å². The normalized spacial score (nSPS) is 10.8. The Bertz CT molecular complexity index is 639. The largest absolute Gasteiger partial charge is 0.351 e. The van der Waals surface area contributed by atoms with Crippen LogP contribution in [0.2, 0.25) is 0 Å². The number of rotatable bonds is 4. The molecule has 0 saturated carbocycles. The predicted molar refractivity (Wildman–Crippen MR) is 80.8 cm³/mol. The summed E-state index contributed by atoms with van der Waals surface area (Å²) in [7, 11) is 0. The molecule has 0 aliphatic rings. The third-order valence-corrected chi connectivity index (χ3v) is 4.37. The Kier molecular flexibility index (Phi) is 4.21. The standard InChI is InChI=1S/C16H16N2OS/c1-16(2,14-7-4-8-20-14)11-18-15(19)13-6-3-5-12(9-13)10-17/h3-9H,11H2,1-2H3,(H,18,19). The highest BCUT2D eigenvalue weighted by atomic mass is 32.1. The molecule has 0 aliphatic heterocycles. The highest BCUT2D eigenvalue weighted by Gasteiger charge is 2.22. The van der Waals surface area contributed by atoms with Crippen LogP contribution >= 0.6 is 11.3 Å². The molecule has 3 nitrogen and oxygen atoms in total. The van der Waals surface area contributed by atoms with Crippen molar-refractivity contribution in [2.45, 2.75) is 19.3 Å². The summed E-state index contributed by atoms with van der Waals surface area (Å²) in [5.41, 5.74) is 0.914. The Morgan fingerprint density at radius 3 is 2.80 bits per heavy atom. The number of hydrogen-bond acceptors (Lipinski definition) is 3. The van der Waals surface area contributed by atoms with Gasteiger partial charge in [0.1, 0.15) is 0 Å². The van der Waals surface area contributed by atoms with Crippen LogP contribution in [0.15, 0.2) is 41.8 Å². The number of amides is 1. The Morgan fingerprint density at radius 1 is 1.35 bits per heavy atom. The van der Waals surface area contributed by atoms with Crippen LogP contribution in [0.3, 0.4) is 0 Å². The van der Waals surface area contributed by atoms with Crippen LogP contribution < -0.4 is 5.32 Å². The van der Waals surface area contributed by atoms with E-state index in [1.807, 2.05) is 17.5 Å².